The lowest BCUT2D eigenvalue weighted by Crippen LogP contribution is -2.13. The molecule has 0 saturated carbocycles. The molecule has 3 rings (SSSR count). The number of anilines is 1. The summed E-state index contributed by atoms with van der Waals surface area (Å²) in [6, 6.07) is 10.3. The molecule has 0 aliphatic heterocycles. The van der Waals surface area contributed by atoms with Gasteiger partial charge in [-0.3, -0.25) is 4.79 Å². The number of H-pyrrole nitrogens is 1. The Morgan fingerprint density at radius 1 is 1.05 bits per heavy atom. The predicted octanol–water partition coefficient (Wildman–Crippen LogP) is 4.48. The third kappa shape index (κ3) is 2.60. The van der Waals surface area contributed by atoms with Gasteiger partial charge in [-0.25, -0.2) is 4.39 Å². The van der Waals surface area contributed by atoms with Crippen LogP contribution in [0.3, 0.4) is 0 Å². The van der Waals surface area contributed by atoms with E-state index in [0.29, 0.717) is 11.4 Å². The van der Waals surface area contributed by atoms with Crippen LogP contribution >= 0.6 is 0 Å². The highest BCUT2D eigenvalue weighted by molar-refractivity contribution is 6.06. The Balaban J connectivity index is 1.95. The molecule has 0 unspecified atom stereocenters. The summed E-state index contributed by atoms with van der Waals surface area (Å²) in [5.41, 5.74) is 4.95. The van der Waals surface area contributed by atoms with Crippen molar-refractivity contribution in [1.82, 2.24) is 4.98 Å². The van der Waals surface area contributed by atoms with Crippen LogP contribution < -0.4 is 5.32 Å². The lowest BCUT2D eigenvalue weighted by atomic mass is 10.1. The number of aromatic nitrogens is 1. The number of benzene rings is 2. The minimum absolute atomic E-state index is 0.276. The molecule has 1 heterocycles. The first-order valence-corrected chi connectivity index (χ1v) is 7.11. The maximum Gasteiger partial charge on any atom is 0.272 e. The van der Waals surface area contributed by atoms with E-state index in [0.717, 1.165) is 27.6 Å². The molecular formula is C18H17FN2O. The van der Waals surface area contributed by atoms with E-state index in [1.54, 1.807) is 6.07 Å². The van der Waals surface area contributed by atoms with Crippen molar-refractivity contribution >= 4 is 22.5 Å². The van der Waals surface area contributed by atoms with Gasteiger partial charge < -0.3 is 10.3 Å². The molecule has 0 aliphatic carbocycles. The van der Waals surface area contributed by atoms with Crippen molar-refractivity contribution in [1.29, 1.82) is 0 Å². The average Bonchev–Trinajstić information content (AvgIpc) is 2.87. The number of nitrogens with one attached hydrogen (secondary N) is 2. The number of fused-ring (bicyclic) bond motifs is 1. The molecule has 112 valence electrons. The van der Waals surface area contributed by atoms with Gasteiger partial charge in [0.1, 0.15) is 11.5 Å². The molecular weight excluding hydrogens is 279 g/mol. The van der Waals surface area contributed by atoms with E-state index in [9.17, 15) is 9.18 Å². The first kappa shape index (κ1) is 14.3. The van der Waals surface area contributed by atoms with Crippen LogP contribution in [0.5, 0.6) is 0 Å². The molecule has 22 heavy (non-hydrogen) atoms. The Kier molecular flexibility index (Phi) is 3.45. The standard InChI is InChI=1S/C18H17FN2O/c1-10-6-12(3)14-9-17(20-16(14)7-10)18(22)21-15-8-13(19)5-4-11(15)2/h4-9,20H,1-3H3,(H,21,22). The lowest BCUT2D eigenvalue weighted by molar-refractivity contribution is 0.102. The van der Waals surface area contributed by atoms with Crippen molar-refractivity contribution in [2.75, 3.05) is 5.32 Å². The molecule has 1 aromatic heterocycles. The zero-order valence-electron chi connectivity index (χ0n) is 12.8. The molecule has 2 N–H and O–H groups in total. The monoisotopic (exact) mass is 296 g/mol. The van der Waals surface area contributed by atoms with Crippen LogP contribution in [0.15, 0.2) is 36.4 Å². The minimum atomic E-state index is -0.371. The number of hydrogen-bond donors (Lipinski definition) is 2. The third-order valence-electron chi connectivity index (χ3n) is 3.78. The van der Waals surface area contributed by atoms with Crippen molar-refractivity contribution in [2.45, 2.75) is 20.8 Å². The van der Waals surface area contributed by atoms with Crippen molar-refractivity contribution in [3.8, 4) is 0 Å². The lowest BCUT2D eigenvalue weighted by Gasteiger charge is -2.07. The number of hydrogen-bond acceptors (Lipinski definition) is 1. The van der Waals surface area contributed by atoms with Crippen LogP contribution in [0.4, 0.5) is 10.1 Å². The van der Waals surface area contributed by atoms with Crippen LogP contribution in [0.25, 0.3) is 10.9 Å². The molecule has 0 aliphatic rings. The Hall–Kier alpha value is -2.62. The fourth-order valence-electron chi connectivity index (χ4n) is 2.64. The normalized spacial score (nSPS) is 10.9. The van der Waals surface area contributed by atoms with Crippen molar-refractivity contribution in [3.05, 3.63) is 64.6 Å². The zero-order chi connectivity index (χ0) is 15.9. The van der Waals surface area contributed by atoms with Crippen LogP contribution in [0.2, 0.25) is 0 Å². The van der Waals surface area contributed by atoms with Gasteiger partial charge in [0.25, 0.3) is 5.91 Å². The first-order valence-electron chi connectivity index (χ1n) is 7.11. The maximum atomic E-state index is 13.3. The molecule has 1 amide bonds. The summed E-state index contributed by atoms with van der Waals surface area (Å²) in [5.74, 6) is -0.647. The second-order valence-electron chi connectivity index (χ2n) is 5.64. The van der Waals surface area contributed by atoms with E-state index < -0.39 is 0 Å². The van der Waals surface area contributed by atoms with E-state index in [1.165, 1.54) is 12.1 Å². The average molecular weight is 296 g/mol. The predicted molar refractivity (Wildman–Crippen MR) is 86.9 cm³/mol. The maximum absolute atomic E-state index is 13.3. The summed E-state index contributed by atoms with van der Waals surface area (Å²) in [7, 11) is 0. The van der Waals surface area contributed by atoms with Gasteiger partial charge in [0.2, 0.25) is 0 Å². The van der Waals surface area contributed by atoms with E-state index in [1.807, 2.05) is 32.9 Å². The minimum Gasteiger partial charge on any atom is -0.351 e. The van der Waals surface area contributed by atoms with Crippen LogP contribution in [-0.4, -0.2) is 10.9 Å². The summed E-state index contributed by atoms with van der Waals surface area (Å²) in [6.45, 7) is 5.86. The Bertz CT molecular complexity index is 880. The Morgan fingerprint density at radius 2 is 1.82 bits per heavy atom. The number of aromatic amines is 1. The largest absolute Gasteiger partial charge is 0.351 e. The fourth-order valence-corrected chi connectivity index (χ4v) is 2.64. The van der Waals surface area contributed by atoms with Gasteiger partial charge in [-0.1, -0.05) is 12.1 Å². The molecule has 4 heteroatoms. The molecule has 0 atom stereocenters. The van der Waals surface area contributed by atoms with Crippen molar-refractivity contribution in [3.63, 3.8) is 0 Å². The second kappa shape index (κ2) is 5.30. The number of carbonyl (C=O) groups excluding carboxylic acids is 1. The summed E-state index contributed by atoms with van der Waals surface area (Å²) in [5, 5.41) is 3.77. The van der Waals surface area contributed by atoms with Crippen LogP contribution in [0, 0.1) is 26.6 Å². The van der Waals surface area contributed by atoms with E-state index in [2.05, 4.69) is 16.4 Å². The summed E-state index contributed by atoms with van der Waals surface area (Å²) in [6.07, 6.45) is 0. The van der Waals surface area contributed by atoms with Crippen molar-refractivity contribution in [2.24, 2.45) is 0 Å². The molecule has 0 saturated heterocycles. The molecule has 3 nitrogen and oxygen atoms in total. The smallest absolute Gasteiger partial charge is 0.272 e. The van der Waals surface area contributed by atoms with Gasteiger partial charge in [-0.2, -0.15) is 0 Å². The van der Waals surface area contributed by atoms with Gasteiger partial charge in [0.05, 0.1) is 0 Å². The summed E-state index contributed by atoms with van der Waals surface area (Å²) >= 11 is 0. The van der Waals surface area contributed by atoms with E-state index in [-0.39, 0.29) is 11.7 Å². The molecule has 3 aromatic rings. The van der Waals surface area contributed by atoms with E-state index >= 15 is 0 Å². The number of halogens is 1. The quantitative estimate of drug-likeness (QED) is 0.719. The molecule has 2 aromatic carbocycles. The topological polar surface area (TPSA) is 44.9 Å². The number of carbonyl (C=O) groups is 1. The number of amides is 1. The fraction of sp³-hybridized carbons (Fsp3) is 0.167. The van der Waals surface area contributed by atoms with Crippen molar-refractivity contribution < 1.29 is 9.18 Å². The Morgan fingerprint density at radius 3 is 2.59 bits per heavy atom. The molecule has 0 bridgehead atoms. The van der Waals surface area contributed by atoms with E-state index in [4.69, 9.17) is 0 Å². The Labute approximate surface area is 128 Å². The second-order valence-corrected chi connectivity index (χ2v) is 5.64. The van der Waals surface area contributed by atoms with Crippen LogP contribution in [0.1, 0.15) is 27.2 Å². The third-order valence-corrected chi connectivity index (χ3v) is 3.78. The van der Waals surface area contributed by atoms with Crippen LogP contribution in [-0.2, 0) is 0 Å². The first-order chi connectivity index (χ1) is 10.4. The van der Waals surface area contributed by atoms with Gasteiger partial charge in [0, 0.05) is 16.6 Å². The highest BCUT2D eigenvalue weighted by Crippen LogP contribution is 2.23. The number of aryl methyl sites for hydroxylation is 3. The highest BCUT2D eigenvalue weighted by Gasteiger charge is 2.12. The summed E-state index contributed by atoms with van der Waals surface area (Å²) < 4.78 is 13.3. The molecule has 0 radical (unpaired) electrons. The molecule has 0 spiro atoms. The SMILES string of the molecule is Cc1cc(C)c2cc(C(=O)Nc3cc(F)ccc3C)[nH]c2c1. The zero-order valence-corrected chi connectivity index (χ0v) is 12.8. The van der Waals surface area contributed by atoms with Gasteiger partial charge in [-0.05, 0) is 61.7 Å². The van der Waals surface area contributed by atoms with Gasteiger partial charge in [-0.15, -0.1) is 0 Å². The summed E-state index contributed by atoms with van der Waals surface area (Å²) in [4.78, 5) is 15.5. The van der Waals surface area contributed by atoms with Gasteiger partial charge >= 0.3 is 0 Å². The molecule has 0 fully saturated rings. The highest BCUT2D eigenvalue weighted by atomic mass is 19.1. The number of rotatable bonds is 2. The van der Waals surface area contributed by atoms with Gasteiger partial charge in [0.15, 0.2) is 0 Å².